The number of halogens is 1. The molecule has 2 rings (SSSR count). The molecule has 4 nitrogen and oxygen atoms in total. The molecule has 5 heteroatoms. The number of hydrogen-bond donors (Lipinski definition) is 1. The van der Waals surface area contributed by atoms with Crippen LogP contribution in [0.25, 0.3) is 0 Å². The fraction of sp³-hybridized carbons (Fsp3) is 0. The molecule has 1 aromatic carbocycles. The average Bonchev–Trinajstić information content (AvgIpc) is 2.22. The number of ether oxygens (including phenoxy) is 1. The highest BCUT2D eigenvalue weighted by atomic mass is 35.5. The number of rotatable bonds is 2. The lowest BCUT2D eigenvalue weighted by atomic mass is 10.3. The molecule has 0 amide bonds. The van der Waals surface area contributed by atoms with Gasteiger partial charge in [-0.2, -0.15) is 0 Å². The van der Waals surface area contributed by atoms with Gasteiger partial charge in [0.2, 0.25) is 5.88 Å². The second-order valence-electron chi connectivity index (χ2n) is 2.75. The van der Waals surface area contributed by atoms with Gasteiger partial charge >= 0.3 is 0 Å². The smallest absolute Gasteiger partial charge is 0.223 e. The first-order valence-corrected chi connectivity index (χ1v) is 4.57. The number of phenols is 1. The molecule has 0 aliphatic carbocycles. The summed E-state index contributed by atoms with van der Waals surface area (Å²) in [4.78, 5) is 7.56. The van der Waals surface area contributed by atoms with E-state index in [9.17, 15) is 5.11 Å². The maximum Gasteiger partial charge on any atom is 0.223 e. The predicted octanol–water partition coefficient (Wildman–Crippen LogP) is 2.63. The Kier molecular flexibility index (Phi) is 2.69. The summed E-state index contributed by atoms with van der Waals surface area (Å²) in [6.07, 6.45) is 1.29. The lowest BCUT2D eigenvalue weighted by Crippen LogP contribution is -1.88. The van der Waals surface area contributed by atoms with E-state index >= 15 is 0 Å². The van der Waals surface area contributed by atoms with Crippen LogP contribution in [0, 0.1) is 0 Å². The average molecular weight is 223 g/mol. The number of phenolic OH excluding ortho intramolecular Hbond substituents is 1. The predicted molar refractivity (Wildman–Crippen MR) is 55.2 cm³/mol. The molecule has 76 valence electrons. The quantitative estimate of drug-likeness (QED) is 0.794. The molecule has 1 heterocycles. The van der Waals surface area contributed by atoms with Crippen LogP contribution < -0.4 is 4.74 Å². The van der Waals surface area contributed by atoms with Crippen LogP contribution in [0.1, 0.15) is 0 Å². The van der Waals surface area contributed by atoms with Crippen molar-refractivity contribution in [3.8, 4) is 17.4 Å². The van der Waals surface area contributed by atoms with Gasteiger partial charge in [-0.3, -0.25) is 0 Å². The molecule has 0 radical (unpaired) electrons. The van der Waals surface area contributed by atoms with Gasteiger partial charge in [0.15, 0.2) is 11.5 Å². The van der Waals surface area contributed by atoms with E-state index in [2.05, 4.69) is 9.97 Å². The molecule has 15 heavy (non-hydrogen) atoms. The molecule has 0 bridgehead atoms. The zero-order valence-corrected chi connectivity index (χ0v) is 8.35. The molecule has 0 aliphatic rings. The van der Waals surface area contributed by atoms with Gasteiger partial charge in [0.25, 0.3) is 0 Å². The number of aromatic nitrogens is 2. The van der Waals surface area contributed by atoms with Crippen LogP contribution in [0.3, 0.4) is 0 Å². The molecule has 0 fully saturated rings. The molecule has 1 N–H and O–H groups in total. The van der Waals surface area contributed by atoms with Gasteiger partial charge in [-0.15, -0.1) is 0 Å². The largest absolute Gasteiger partial charge is 0.504 e. The normalized spacial score (nSPS) is 9.93. The molecule has 1 aromatic heterocycles. The summed E-state index contributed by atoms with van der Waals surface area (Å²) in [5.41, 5.74) is 0. The minimum Gasteiger partial charge on any atom is -0.504 e. The van der Waals surface area contributed by atoms with E-state index in [-0.39, 0.29) is 16.8 Å². The molecular formula is C10H7ClN2O2. The van der Waals surface area contributed by atoms with E-state index in [0.29, 0.717) is 5.75 Å². The van der Waals surface area contributed by atoms with Crippen LogP contribution in [-0.2, 0) is 0 Å². The molecule has 0 saturated carbocycles. The summed E-state index contributed by atoms with van der Waals surface area (Å²) in [5, 5.41) is 9.73. The third kappa shape index (κ3) is 2.35. The Morgan fingerprint density at radius 3 is 2.73 bits per heavy atom. The number of nitrogens with zero attached hydrogens (tertiary/aromatic N) is 2. The Morgan fingerprint density at radius 2 is 2.00 bits per heavy atom. The molecule has 0 saturated heterocycles. The van der Waals surface area contributed by atoms with E-state index in [4.69, 9.17) is 16.3 Å². The van der Waals surface area contributed by atoms with Gasteiger partial charge in [-0.25, -0.2) is 9.97 Å². The van der Waals surface area contributed by atoms with Gasteiger partial charge in [0, 0.05) is 6.07 Å². The summed E-state index contributed by atoms with van der Waals surface area (Å²) in [6, 6.07) is 8.07. The third-order valence-electron chi connectivity index (χ3n) is 1.69. The van der Waals surface area contributed by atoms with Crippen molar-refractivity contribution in [2.75, 3.05) is 0 Å². The fourth-order valence-electron chi connectivity index (χ4n) is 1.03. The Balaban J connectivity index is 2.26. The highest BCUT2D eigenvalue weighted by molar-refractivity contribution is 6.29. The van der Waals surface area contributed by atoms with E-state index in [1.54, 1.807) is 18.2 Å². The van der Waals surface area contributed by atoms with Gasteiger partial charge in [0.05, 0.1) is 0 Å². The summed E-state index contributed by atoms with van der Waals surface area (Å²) in [6.45, 7) is 0. The Labute approximate surface area is 91.1 Å². The van der Waals surface area contributed by atoms with Crippen LogP contribution in [0.2, 0.25) is 5.15 Å². The molecule has 0 unspecified atom stereocenters. The molecule has 2 aromatic rings. The lowest BCUT2D eigenvalue weighted by Gasteiger charge is -2.05. The summed E-state index contributed by atoms with van der Waals surface area (Å²) in [5.74, 6) is 0.663. The second kappa shape index (κ2) is 4.14. The van der Waals surface area contributed by atoms with E-state index in [1.807, 2.05) is 0 Å². The van der Waals surface area contributed by atoms with Crippen LogP contribution >= 0.6 is 11.6 Å². The van der Waals surface area contributed by atoms with Gasteiger partial charge in [-0.05, 0) is 12.1 Å². The standard InChI is InChI=1S/C10H7ClN2O2/c11-9-5-10(13-6-12-9)15-8-4-2-1-3-7(8)14/h1-6,14H. The number of aromatic hydroxyl groups is 1. The maximum absolute atomic E-state index is 9.44. The zero-order valence-electron chi connectivity index (χ0n) is 7.59. The molecule has 0 spiro atoms. The summed E-state index contributed by atoms with van der Waals surface area (Å²) < 4.78 is 5.30. The van der Waals surface area contributed by atoms with Crippen molar-refractivity contribution in [2.45, 2.75) is 0 Å². The highest BCUT2D eigenvalue weighted by Crippen LogP contribution is 2.29. The van der Waals surface area contributed by atoms with Crippen molar-refractivity contribution in [1.29, 1.82) is 0 Å². The summed E-state index contributed by atoms with van der Waals surface area (Å²) >= 11 is 5.66. The van der Waals surface area contributed by atoms with Crippen LogP contribution in [0.5, 0.6) is 17.4 Å². The first-order valence-electron chi connectivity index (χ1n) is 4.19. The van der Waals surface area contributed by atoms with Gasteiger partial charge < -0.3 is 9.84 Å². The second-order valence-corrected chi connectivity index (χ2v) is 3.14. The van der Waals surface area contributed by atoms with Crippen LogP contribution in [0.4, 0.5) is 0 Å². The lowest BCUT2D eigenvalue weighted by molar-refractivity contribution is 0.402. The monoisotopic (exact) mass is 222 g/mol. The number of para-hydroxylation sites is 2. The Morgan fingerprint density at radius 1 is 1.20 bits per heavy atom. The first-order chi connectivity index (χ1) is 7.25. The van der Waals surface area contributed by atoms with E-state index in [1.165, 1.54) is 18.5 Å². The van der Waals surface area contributed by atoms with Gasteiger partial charge in [-0.1, -0.05) is 23.7 Å². The van der Waals surface area contributed by atoms with Gasteiger partial charge in [0.1, 0.15) is 11.5 Å². The minimum absolute atomic E-state index is 0.0484. The van der Waals surface area contributed by atoms with Crippen molar-refractivity contribution in [2.24, 2.45) is 0 Å². The van der Waals surface area contributed by atoms with Crippen molar-refractivity contribution in [3.63, 3.8) is 0 Å². The molecule has 0 atom stereocenters. The zero-order chi connectivity index (χ0) is 10.7. The molecule has 0 aliphatic heterocycles. The minimum atomic E-state index is 0.0484. The van der Waals surface area contributed by atoms with Crippen molar-refractivity contribution in [3.05, 3.63) is 41.8 Å². The number of hydrogen-bond acceptors (Lipinski definition) is 4. The fourth-order valence-corrected chi connectivity index (χ4v) is 1.17. The third-order valence-corrected chi connectivity index (χ3v) is 1.90. The highest BCUT2D eigenvalue weighted by Gasteiger charge is 2.03. The first kappa shape index (κ1) is 9.73. The van der Waals surface area contributed by atoms with E-state index in [0.717, 1.165) is 0 Å². The molecular weight excluding hydrogens is 216 g/mol. The van der Waals surface area contributed by atoms with Crippen molar-refractivity contribution >= 4 is 11.6 Å². The SMILES string of the molecule is Oc1ccccc1Oc1cc(Cl)ncn1. The summed E-state index contributed by atoms with van der Waals surface area (Å²) in [7, 11) is 0. The van der Waals surface area contributed by atoms with E-state index < -0.39 is 0 Å². The topological polar surface area (TPSA) is 55.2 Å². The Bertz CT molecular complexity index is 476. The van der Waals surface area contributed by atoms with Crippen LogP contribution in [0.15, 0.2) is 36.7 Å². The van der Waals surface area contributed by atoms with Crippen molar-refractivity contribution < 1.29 is 9.84 Å². The number of benzene rings is 1. The maximum atomic E-state index is 9.44. The Hall–Kier alpha value is -1.81. The van der Waals surface area contributed by atoms with Crippen molar-refractivity contribution in [1.82, 2.24) is 9.97 Å². The van der Waals surface area contributed by atoms with Crippen LogP contribution in [-0.4, -0.2) is 15.1 Å².